The van der Waals surface area contributed by atoms with E-state index in [9.17, 15) is 9.59 Å². The number of benzene rings is 4. The lowest BCUT2D eigenvalue weighted by Crippen LogP contribution is -2.06. The molecule has 7 nitrogen and oxygen atoms in total. The number of ether oxygens (including phenoxy) is 4. The molecule has 0 atom stereocenters. The third-order valence-electron chi connectivity index (χ3n) is 6.41. The van der Waals surface area contributed by atoms with E-state index in [0.29, 0.717) is 44.3 Å². The molecule has 0 aliphatic heterocycles. The molecule has 0 saturated heterocycles. The number of nitrogens with zero attached hydrogens (tertiary/aromatic N) is 1. The molecule has 0 radical (unpaired) electrons. The van der Waals surface area contributed by atoms with Crippen molar-refractivity contribution in [1.29, 1.82) is 0 Å². The van der Waals surface area contributed by atoms with E-state index in [0.717, 1.165) is 17.0 Å². The van der Waals surface area contributed by atoms with Gasteiger partial charge >= 0.3 is 11.9 Å². The van der Waals surface area contributed by atoms with Gasteiger partial charge in [-0.3, -0.25) is 0 Å². The van der Waals surface area contributed by atoms with Crippen LogP contribution in [0.3, 0.4) is 0 Å². The highest BCUT2D eigenvalue weighted by Crippen LogP contribution is 2.40. The topological polar surface area (TPSA) is 76.0 Å². The van der Waals surface area contributed by atoms with Crippen molar-refractivity contribution in [1.82, 2.24) is 4.57 Å². The molecule has 8 heteroatoms. The van der Waals surface area contributed by atoms with Crippen molar-refractivity contribution >= 4 is 34.4 Å². The number of carbonyl (C=O) groups is 2. The standard InChI is InChI=1S/C33H28ClNO6/c1-20(2)40-25-14-12-24(13-15-25)35-29-17-16-27(41-26-7-5-6-23(34)18-26)19-28(29)30(33(37)39-4)31(35)21-8-10-22(11-9-21)32(36)38-3/h5-20H,1-4H3. The van der Waals surface area contributed by atoms with E-state index in [2.05, 4.69) is 0 Å². The number of aromatic nitrogens is 1. The van der Waals surface area contributed by atoms with Gasteiger partial charge in [0.25, 0.3) is 0 Å². The van der Waals surface area contributed by atoms with Gasteiger partial charge in [0.15, 0.2) is 0 Å². The molecule has 0 aliphatic carbocycles. The Morgan fingerprint density at radius 1 is 0.756 bits per heavy atom. The summed E-state index contributed by atoms with van der Waals surface area (Å²) in [6.07, 6.45) is 0.0287. The monoisotopic (exact) mass is 569 g/mol. The van der Waals surface area contributed by atoms with E-state index in [1.165, 1.54) is 14.2 Å². The summed E-state index contributed by atoms with van der Waals surface area (Å²) >= 11 is 6.15. The van der Waals surface area contributed by atoms with Crippen molar-refractivity contribution in [3.63, 3.8) is 0 Å². The van der Waals surface area contributed by atoms with Crippen molar-refractivity contribution < 1.29 is 28.5 Å². The molecule has 208 valence electrons. The van der Waals surface area contributed by atoms with E-state index in [4.69, 9.17) is 30.5 Å². The number of fused-ring (bicyclic) bond motifs is 1. The zero-order valence-corrected chi connectivity index (χ0v) is 23.8. The van der Waals surface area contributed by atoms with Crippen molar-refractivity contribution in [2.45, 2.75) is 20.0 Å². The molecule has 41 heavy (non-hydrogen) atoms. The molecule has 1 heterocycles. The van der Waals surface area contributed by atoms with Gasteiger partial charge in [-0.25, -0.2) is 9.59 Å². The van der Waals surface area contributed by atoms with Crippen LogP contribution in [0.1, 0.15) is 34.6 Å². The van der Waals surface area contributed by atoms with Gasteiger partial charge in [-0.2, -0.15) is 0 Å². The number of rotatable bonds is 8. The smallest absolute Gasteiger partial charge is 0.340 e. The third kappa shape index (κ3) is 5.76. The maximum atomic E-state index is 13.4. The number of hydrogen-bond acceptors (Lipinski definition) is 6. The van der Waals surface area contributed by atoms with Crippen LogP contribution < -0.4 is 9.47 Å². The van der Waals surface area contributed by atoms with E-state index in [-0.39, 0.29) is 6.10 Å². The van der Waals surface area contributed by atoms with Crippen molar-refractivity contribution in [2.75, 3.05) is 14.2 Å². The lowest BCUT2D eigenvalue weighted by atomic mass is 10.0. The fourth-order valence-corrected chi connectivity index (χ4v) is 4.86. The summed E-state index contributed by atoms with van der Waals surface area (Å²) in [6.45, 7) is 3.93. The Bertz CT molecular complexity index is 1720. The fourth-order valence-electron chi connectivity index (χ4n) is 4.68. The van der Waals surface area contributed by atoms with Gasteiger partial charge in [-0.05, 0) is 92.2 Å². The lowest BCUT2D eigenvalue weighted by molar-refractivity contribution is 0.0593. The molecular weight excluding hydrogens is 542 g/mol. The fraction of sp³-hybridized carbons (Fsp3) is 0.152. The van der Waals surface area contributed by atoms with Crippen LogP contribution >= 0.6 is 11.6 Å². The van der Waals surface area contributed by atoms with Gasteiger partial charge < -0.3 is 23.5 Å². The highest BCUT2D eigenvalue weighted by atomic mass is 35.5. The molecule has 1 aromatic heterocycles. The Morgan fingerprint density at radius 2 is 1.41 bits per heavy atom. The largest absolute Gasteiger partial charge is 0.491 e. The third-order valence-corrected chi connectivity index (χ3v) is 6.64. The average Bonchev–Trinajstić information content (AvgIpc) is 3.31. The first-order valence-corrected chi connectivity index (χ1v) is 13.3. The zero-order chi connectivity index (χ0) is 29.1. The van der Waals surface area contributed by atoms with Gasteiger partial charge in [0.05, 0.1) is 42.7 Å². The molecule has 0 aliphatic rings. The van der Waals surface area contributed by atoms with Crippen LogP contribution in [0.5, 0.6) is 17.2 Å². The summed E-state index contributed by atoms with van der Waals surface area (Å²) in [7, 11) is 2.68. The minimum atomic E-state index is -0.513. The maximum absolute atomic E-state index is 13.4. The highest BCUT2D eigenvalue weighted by Gasteiger charge is 2.26. The number of carbonyl (C=O) groups excluding carboxylic acids is 2. The number of hydrogen-bond donors (Lipinski definition) is 0. The molecule has 5 rings (SSSR count). The first-order valence-electron chi connectivity index (χ1n) is 12.9. The van der Waals surface area contributed by atoms with E-state index >= 15 is 0 Å². The summed E-state index contributed by atoms with van der Waals surface area (Å²) < 4.78 is 24.0. The lowest BCUT2D eigenvalue weighted by Gasteiger charge is -2.15. The quantitative estimate of drug-likeness (QED) is 0.176. The summed E-state index contributed by atoms with van der Waals surface area (Å²) in [5, 5.41) is 1.18. The van der Waals surface area contributed by atoms with Crippen LogP contribution in [0.25, 0.3) is 27.8 Å². The molecule has 4 aromatic carbocycles. The zero-order valence-electron chi connectivity index (χ0n) is 23.0. The van der Waals surface area contributed by atoms with Crippen molar-refractivity contribution in [3.8, 4) is 34.2 Å². The second kappa shape index (κ2) is 11.8. The first-order chi connectivity index (χ1) is 19.8. The Balaban J connectivity index is 1.74. The maximum Gasteiger partial charge on any atom is 0.340 e. The second-order valence-electron chi connectivity index (χ2n) is 9.52. The van der Waals surface area contributed by atoms with Crippen LogP contribution in [-0.2, 0) is 9.47 Å². The Kier molecular flexibility index (Phi) is 7.99. The first kappa shape index (κ1) is 27.8. The highest BCUT2D eigenvalue weighted by molar-refractivity contribution is 6.30. The van der Waals surface area contributed by atoms with Crippen LogP contribution in [0.15, 0.2) is 91.0 Å². The molecule has 0 spiro atoms. The second-order valence-corrected chi connectivity index (χ2v) is 9.95. The van der Waals surface area contributed by atoms with Gasteiger partial charge in [0.2, 0.25) is 0 Å². The molecule has 0 amide bonds. The minimum Gasteiger partial charge on any atom is -0.491 e. The molecular formula is C33H28ClNO6. The summed E-state index contributed by atoms with van der Waals surface area (Å²) in [5.74, 6) is 0.856. The van der Waals surface area contributed by atoms with Crippen LogP contribution in [0, 0.1) is 0 Å². The SMILES string of the molecule is COC(=O)c1ccc(-c2c(C(=O)OC)c3cc(Oc4cccc(Cl)c4)ccc3n2-c2ccc(OC(C)C)cc2)cc1. The average molecular weight is 570 g/mol. The van der Waals surface area contributed by atoms with Crippen LogP contribution in [0.2, 0.25) is 5.02 Å². The van der Waals surface area contributed by atoms with E-state index in [1.54, 1.807) is 48.5 Å². The predicted molar refractivity (Wildman–Crippen MR) is 159 cm³/mol. The molecule has 0 fully saturated rings. The number of esters is 2. The van der Waals surface area contributed by atoms with Gasteiger partial charge in [-0.15, -0.1) is 0 Å². The summed E-state index contributed by atoms with van der Waals surface area (Å²) in [4.78, 5) is 25.5. The van der Waals surface area contributed by atoms with Crippen molar-refractivity contribution in [3.05, 3.63) is 107 Å². The molecule has 5 aromatic rings. The van der Waals surface area contributed by atoms with Gasteiger partial charge in [0.1, 0.15) is 17.2 Å². The van der Waals surface area contributed by atoms with Crippen molar-refractivity contribution in [2.24, 2.45) is 0 Å². The minimum absolute atomic E-state index is 0.0287. The number of halogens is 1. The normalized spacial score (nSPS) is 11.0. The van der Waals surface area contributed by atoms with E-state index < -0.39 is 11.9 Å². The Labute approximate surface area is 242 Å². The summed E-state index contributed by atoms with van der Waals surface area (Å²) in [5.41, 5.74) is 3.61. The van der Waals surface area contributed by atoms with Crippen LogP contribution in [0.4, 0.5) is 0 Å². The Hall–Kier alpha value is -4.75. The molecule has 0 bridgehead atoms. The predicted octanol–water partition coefficient (Wildman–Crippen LogP) is 8.10. The molecule has 0 N–H and O–H groups in total. The van der Waals surface area contributed by atoms with Gasteiger partial charge in [0, 0.05) is 16.1 Å². The van der Waals surface area contributed by atoms with Gasteiger partial charge in [-0.1, -0.05) is 29.8 Å². The van der Waals surface area contributed by atoms with E-state index in [1.807, 2.05) is 60.9 Å². The molecule has 0 saturated carbocycles. The number of methoxy groups -OCH3 is 2. The Morgan fingerprint density at radius 3 is 2.05 bits per heavy atom. The summed E-state index contributed by atoms with van der Waals surface area (Å²) in [6, 6.07) is 27.2. The van der Waals surface area contributed by atoms with Crippen LogP contribution in [-0.4, -0.2) is 36.8 Å². The molecule has 0 unspecified atom stereocenters.